The summed E-state index contributed by atoms with van der Waals surface area (Å²) >= 11 is 0. The van der Waals surface area contributed by atoms with Crippen molar-refractivity contribution in [3.8, 4) is 17.5 Å². The van der Waals surface area contributed by atoms with Crippen LogP contribution in [0.4, 0.5) is 24.8 Å². The van der Waals surface area contributed by atoms with Gasteiger partial charge in [-0.2, -0.15) is 9.97 Å². The van der Waals surface area contributed by atoms with Gasteiger partial charge in [0.1, 0.15) is 23.1 Å². The van der Waals surface area contributed by atoms with Crippen molar-refractivity contribution >= 4 is 17.6 Å². The third-order valence-electron chi connectivity index (χ3n) is 6.25. The second-order valence-corrected chi connectivity index (χ2v) is 8.66. The van der Waals surface area contributed by atoms with Gasteiger partial charge in [0, 0.05) is 31.6 Å². The highest BCUT2D eigenvalue weighted by Crippen LogP contribution is 2.39. The van der Waals surface area contributed by atoms with E-state index in [0.717, 1.165) is 11.1 Å². The van der Waals surface area contributed by atoms with Crippen molar-refractivity contribution in [2.75, 3.05) is 44.1 Å². The van der Waals surface area contributed by atoms with Crippen LogP contribution in [0.25, 0.3) is 0 Å². The summed E-state index contributed by atoms with van der Waals surface area (Å²) in [5.41, 5.74) is 1.62. The highest BCUT2D eigenvalue weighted by Gasteiger charge is 2.40. The van der Waals surface area contributed by atoms with Gasteiger partial charge in [-0.25, -0.2) is 0 Å². The Hall–Kier alpha value is -4.22. The molecule has 3 aromatic rings. The van der Waals surface area contributed by atoms with Gasteiger partial charge < -0.3 is 29.5 Å². The monoisotopic (exact) mass is 532 g/mol. The second-order valence-electron chi connectivity index (χ2n) is 8.66. The minimum atomic E-state index is -4.74. The molecule has 2 atom stereocenters. The zero-order valence-electron chi connectivity index (χ0n) is 20.7. The molecule has 1 aromatic heterocycles. The molecule has 0 spiro atoms. The number of methoxy groups -OCH3 is 2. The van der Waals surface area contributed by atoms with Gasteiger partial charge in [0.2, 0.25) is 0 Å². The van der Waals surface area contributed by atoms with Crippen LogP contribution in [0.2, 0.25) is 0 Å². The molecule has 1 aliphatic rings. The topological polar surface area (TPSA) is 106 Å². The van der Waals surface area contributed by atoms with Crippen molar-refractivity contribution in [2.24, 2.45) is 5.92 Å². The first kappa shape index (κ1) is 26.8. The summed E-state index contributed by atoms with van der Waals surface area (Å²) in [5, 5.41) is 13.1. The van der Waals surface area contributed by atoms with Crippen LogP contribution in [-0.2, 0) is 11.2 Å². The van der Waals surface area contributed by atoms with E-state index in [1.54, 1.807) is 25.3 Å². The third-order valence-corrected chi connectivity index (χ3v) is 6.25. The minimum absolute atomic E-state index is 0.117. The van der Waals surface area contributed by atoms with Crippen molar-refractivity contribution < 1.29 is 37.3 Å². The number of halogens is 3. The Kier molecular flexibility index (Phi) is 8.08. The van der Waals surface area contributed by atoms with E-state index in [2.05, 4.69) is 20.0 Å². The van der Waals surface area contributed by atoms with Gasteiger partial charge in [-0.1, -0.05) is 30.3 Å². The Morgan fingerprint density at radius 3 is 2.47 bits per heavy atom. The first-order valence-electron chi connectivity index (χ1n) is 11.8. The summed E-state index contributed by atoms with van der Waals surface area (Å²) in [6.45, 7) is 1.08. The van der Waals surface area contributed by atoms with Crippen LogP contribution >= 0.6 is 0 Å². The molecule has 202 valence electrons. The first-order chi connectivity index (χ1) is 18.2. The lowest BCUT2D eigenvalue weighted by Gasteiger charge is -2.20. The van der Waals surface area contributed by atoms with E-state index < -0.39 is 18.2 Å². The Morgan fingerprint density at radius 1 is 1.08 bits per heavy atom. The van der Waals surface area contributed by atoms with E-state index in [9.17, 15) is 23.1 Å². The number of hydrogen-bond donors (Lipinski definition) is 2. The lowest BCUT2D eigenvalue weighted by atomic mass is 9.88. The summed E-state index contributed by atoms with van der Waals surface area (Å²) in [6.07, 6.45) is -4.23. The summed E-state index contributed by atoms with van der Waals surface area (Å²) in [6, 6.07) is 14.8. The molecule has 2 heterocycles. The van der Waals surface area contributed by atoms with Crippen LogP contribution in [-0.4, -0.2) is 61.3 Å². The number of nitrogens with zero attached hydrogens (tertiary/aromatic N) is 3. The van der Waals surface area contributed by atoms with Crippen molar-refractivity contribution in [3.05, 3.63) is 65.7 Å². The first-order valence-corrected chi connectivity index (χ1v) is 11.8. The van der Waals surface area contributed by atoms with Gasteiger partial charge in [0.05, 0.1) is 20.1 Å². The predicted octanol–water partition coefficient (Wildman–Crippen LogP) is 4.35. The van der Waals surface area contributed by atoms with Crippen LogP contribution in [0.1, 0.15) is 17.0 Å². The molecule has 0 unspecified atom stereocenters. The van der Waals surface area contributed by atoms with Crippen LogP contribution in [0, 0.1) is 5.92 Å². The molecular formula is C26H27F3N4O5. The number of carbonyl (C=O) groups is 1. The number of aromatic nitrogens is 2. The molecule has 1 saturated heterocycles. The fourth-order valence-corrected chi connectivity index (χ4v) is 4.48. The van der Waals surface area contributed by atoms with E-state index in [0.29, 0.717) is 36.9 Å². The summed E-state index contributed by atoms with van der Waals surface area (Å²) in [4.78, 5) is 22.7. The van der Waals surface area contributed by atoms with Gasteiger partial charge in [-0.05, 0) is 35.7 Å². The Morgan fingerprint density at radius 2 is 1.82 bits per heavy atom. The largest absolute Gasteiger partial charge is 0.573 e. The number of ether oxygens (including phenoxy) is 3. The normalized spacial score (nSPS) is 17.2. The highest BCUT2D eigenvalue weighted by molar-refractivity contribution is 5.74. The van der Waals surface area contributed by atoms with E-state index >= 15 is 0 Å². The molecule has 1 fully saturated rings. The van der Waals surface area contributed by atoms with Crippen molar-refractivity contribution in [1.82, 2.24) is 9.97 Å². The van der Waals surface area contributed by atoms with Crippen LogP contribution in [0.5, 0.6) is 17.5 Å². The number of benzene rings is 2. The molecule has 0 aliphatic carbocycles. The summed E-state index contributed by atoms with van der Waals surface area (Å²) in [7, 11) is 2.99. The molecule has 2 N–H and O–H groups in total. The fraction of sp³-hybridized carbons (Fsp3) is 0.346. The van der Waals surface area contributed by atoms with E-state index in [1.807, 2.05) is 29.2 Å². The number of nitrogens with one attached hydrogen (secondary N) is 1. The molecule has 12 heteroatoms. The maximum absolute atomic E-state index is 12.3. The van der Waals surface area contributed by atoms with Crippen LogP contribution < -0.4 is 24.4 Å². The third kappa shape index (κ3) is 6.55. The van der Waals surface area contributed by atoms with Gasteiger partial charge >= 0.3 is 18.3 Å². The molecule has 0 radical (unpaired) electrons. The molecular weight excluding hydrogens is 505 g/mol. The summed E-state index contributed by atoms with van der Waals surface area (Å²) in [5.74, 6) is -0.567. The Balaban J connectivity index is 1.46. The molecule has 0 bridgehead atoms. The number of para-hydroxylation sites is 1. The molecule has 1 aliphatic heterocycles. The second kappa shape index (κ2) is 11.4. The van der Waals surface area contributed by atoms with Gasteiger partial charge in [0.25, 0.3) is 0 Å². The fourth-order valence-electron chi connectivity index (χ4n) is 4.48. The number of hydrogen-bond acceptors (Lipinski definition) is 8. The quantitative estimate of drug-likeness (QED) is 0.394. The number of alkyl halides is 3. The smallest absolute Gasteiger partial charge is 0.496 e. The number of carboxylic acids is 1. The van der Waals surface area contributed by atoms with Gasteiger partial charge in [-0.3, -0.25) is 4.79 Å². The van der Waals surface area contributed by atoms with E-state index in [1.165, 1.54) is 19.2 Å². The van der Waals surface area contributed by atoms with E-state index in [4.69, 9.17) is 9.47 Å². The molecule has 0 saturated carbocycles. The lowest BCUT2D eigenvalue weighted by Crippen LogP contribution is -2.24. The van der Waals surface area contributed by atoms with Gasteiger partial charge in [-0.15, -0.1) is 13.2 Å². The predicted molar refractivity (Wildman–Crippen MR) is 133 cm³/mol. The Bertz CT molecular complexity index is 1260. The van der Waals surface area contributed by atoms with Crippen LogP contribution in [0.3, 0.4) is 0 Å². The zero-order valence-corrected chi connectivity index (χ0v) is 20.7. The molecule has 38 heavy (non-hydrogen) atoms. The van der Waals surface area contributed by atoms with Crippen molar-refractivity contribution in [3.63, 3.8) is 0 Å². The van der Waals surface area contributed by atoms with Gasteiger partial charge in [0.15, 0.2) is 0 Å². The van der Waals surface area contributed by atoms with E-state index in [-0.39, 0.29) is 24.2 Å². The minimum Gasteiger partial charge on any atom is -0.496 e. The number of carboxylic acid groups (broad SMARTS) is 1. The number of aliphatic carboxylic acids is 1. The average Bonchev–Trinajstić information content (AvgIpc) is 3.34. The lowest BCUT2D eigenvalue weighted by molar-refractivity contribution is -0.274. The molecule has 9 nitrogen and oxygen atoms in total. The molecule has 0 amide bonds. The average molecular weight is 533 g/mol. The Labute approximate surface area is 217 Å². The van der Waals surface area contributed by atoms with Crippen molar-refractivity contribution in [1.29, 1.82) is 0 Å². The molecule has 4 rings (SSSR count). The molecule has 2 aromatic carbocycles. The maximum Gasteiger partial charge on any atom is 0.573 e. The number of anilines is 2. The zero-order chi connectivity index (χ0) is 27.3. The van der Waals surface area contributed by atoms with Crippen LogP contribution in [0.15, 0.2) is 54.6 Å². The van der Waals surface area contributed by atoms with Crippen molar-refractivity contribution in [2.45, 2.75) is 18.7 Å². The SMILES string of the molecule is COc1nc(NCCc2ccc(OC(F)(F)F)cc2)cc(N2C[C@H](C(=O)O)[C@@H](c3ccccc3OC)C2)n1. The number of rotatable bonds is 10. The highest BCUT2D eigenvalue weighted by atomic mass is 19.4. The summed E-state index contributed by atoms with van der Waals surface area (Å²) < 4.78 is 51.7. The maximum atomic E-state index is 12.3. The standard InChI is InChI=1S/C26H27F3N4O5/c1-36-21-6-4-3-5-18(21)19-14-33(15-20(19)24(34)35)23-13-22(31-25(32-23)37-2)30-12-11-16-7-9-17(10-8-16)38-26(27,28)29/h3-10,13,19-20H,11-12,14-15H2,1-2H3,(H,34,35)(H,30,31,32)/t19-,20+/m1/s1.